The Morgan fingerprint density at radius 2 is 2.30 bits per heavy atom. The van der Waals surface area contributed by atoms with E-state index in [1.54, 1.807) is 0 Å². The normalized spacial score (nSPS) is 28.0. The maximum atomic E-state index is 12.0. The molecule has 1 aromatic carbocycles. The second-order valence-corrected chi connectivity index (χ2v) is 5.60. The fourth-order valence-corrected chi connectivity index (χ4v) is 3.57. The molecule has 4 nitrogen and oxygen atoms in total. The second kappa shape index (κ2) is 3.73. The van der Waals surface area contributed by atoms with Gasteiger partial charge in [0.25, 0.3) is 0 Å². The number of fused-ring (bicyclic) bond motifs is 1. The standard InChI is InChI=1S/C16H16N2O2/c1-9-7-16(20-15(9)19)11-4-3-5-12-14(11)10(8-18-12)6-13(16)17-2/h3-5,7-8,13,17-18H,6H2,1-2H3/t13-,16-/m0/s1. The molecule has 1 spiro atoms. The van der Waals surface area contributed by atoms with Crippen molar-refractivity contribution in [3.8, 4) is 0 Å². The zero-order valence-corrected chi connectivity index (χ0v) is 11.5. The first-order chi connectivity index (χ1) is 9.65. The van der Waals surface area contributed by atoms with E-state index in [0.29, 0.717) is 5.57 Å². The Bertz CT molecular complexity index is 759. The van der Waals surface area contributed by atoms with Crippen LogP contribution in [0.25, 0.3) is 10.9 Å². The molecule has 0 unspecified atom stereocenters. The van der Waals surface area contributed by atoms with Gasteiger partial charge in [0.2, 0.25) is 0 Å². The average Bonchev–Trinajstić information content (AvgIpc) is 2.98. The first kappa shape index (κ1) is 11.7. The first-order valence-electron chi connectivity index (χ1n) is 6.85. The second-order valence-electron chi connectivity index (χ2n) is 5.60. The molecule has 0 saturated heterocycles. The molecule has 2 heterocycles. The number of ether oxygens (including phenoxy) is 1. The van der Waals surface area contributed by atoms with Gasteiger partial charge in [0.05, 0.1) is 6.04 Å². The highest BCUT2D eigenvalue weighted by Crippen LogP contribution is 2.46. The van der Waals surface area contributed by atoms with Crippen LogP contribution in [-0.2, 0) is 21.6 Å². The highest BCUT2D eigenvalue weighted by Gasteiger charge is 2.50. The van der Waals surface area contributed by atoms with Crippen LogP contribution in [0.3, 0.4) is 0 Å². The summed E-state index contributed by atoms with van der Waals surface area (Å²) in [6, 6.07) is 6.18. The molecule has 2 atom stereocenters. The van der Waals surface area contributed by atoms with Crippen LogP contribution < -0.4 is 5.32 Å². The van der Waals surface area contributed by atoms with Crippen LogP contribution in [-0.4, -0.2) is 24.0 Å². The summed E-state index contributed by atoms with van der Waals surface area (Å²) in [6.45, 7) is 1.82. The van der Waals surface area contributed by atoms with Crippen LogP contribution in [0.1, 0.15) is 18.1 Å². The minimum Gasteiger partial charge on any atom is -0.445 e. The van der Waals surface area contributed by atoms with E-state index in [0.717, 1.165) is 17.5 Å². The highest BCUT2D eigenvalue weighted by molar-refractivity contribution is 5.95. The van der Waals surface area contributed by atoms with Gasteiger partial charge in [-0.1, -0.05) is 12.1 Å². The minimum absolute atomic E-state index is 0.0535. The molecule has 2 N–H and O–H groups in total. The molecule has 1 aliphatic carbocycles. The third kappa shape index (κ3) is 1.27. The van der Waals surface area contributed by atoms with Crippen molar-refractivity contribution in [2.75, 3.05) is 7.05 Å². The molecular weight excluding hydrogens is 252 g/mol. The summed E-state index contributed by atoms with van der Waals surface area (Å²) in [5.74, 6) is -0.221. The zero-order chi connectivity index (χ0) is 13.9. The van der Waals surface area contributed by atoms with Crippen molar-refractivity contribution in [3.05, 3.63) is 47.2 Å². The number of aromatic amines is 1. The summed E-state index contributed by atoms with van der Waals surface area (Å²) in [4.78, 5) is 15.3. The van der Waals surface area contributed by atoms with E-state index in [2.05, 4.69) is 28.6 Å². The number of hydrogen-bond donors (Lipinski definition) is 2. The molecule has 20 heavy (non-hydrogen) atoms. The summed E-state index contributed by atoms with van der Waals surface area (Å²) >= 11 is 0. The van der Waals surface area contributed by atoms with Crippen LogP contribution in [0.2, 0.25) is 0 Å². The Morgan fingerprint density at radius 3 is 3.00 bits per heavy atom. The minimum atomic E-state index is -0.676. The lowest BCUT2D eigenvalue weighted by molar-refractivity contribution is -0.149. The Balaban J connectivity index is 2.06. The Hall–Kier alpha value is -2.07. The van der Waals surface area contributed by atoms with Gasteiger partial charge in [-0.25, -0.2) is 4.79 Å². The van der Waals surface area contributed by atoms with E-state index in [-0.39, 0.29) is 12.0 Å². The van der Waals surface area contributed by atoms with Gasteiger partial charge in [-0.15, -0.1) is 0 Å². The number of carbonyl (C=O) groups is 1. The molecule has 4 rings (SSSR count). The summed E-state index contributed by atoms with van der Waals surface area (Å²) < 4.78 is 5.81. The smallest absolute Gasteiger partial charge is 0.334 e. The number of carbonyl (C=O) groups excluding carboxylic acids is 1. The monoisotopic (exact) mass is 268 g/mol. The van der Waals surface area contributed by atoms with Crippen molar-refractivity contribution in [1.82, 2.24) is 10.3 Å². The van der Waals surface area contributed by atoms with Crippen molar-refractivity contribution in [2.45, 2.75) is 25.0 Å². The number of hydrogen-bond acceptors (Lipinski definition) is 3. The molecule has 2 aliphatic rings. The van der Waals surface area contributed by atoms with E-state index in [9.17, 15) is 4.79 Å². The average molecular weight is 268 g/mol. The summed E-state index contributed by atoms with van der Waals surface area (Å²) in [5.41, 5.74) is 3.45. The van der Waals surface area contributed by atoms with Gasteiger partial charge in [0, 0.05) is 28.2 Å². The van der Waals surface area contributed by atoms with E-state index in [1.807, 2.05) is 26.1 Å². The molecule has 102 valence electrons. The lowest BCUT2D eigenvalue weighted by Crippen LogP contribution is -2.50. The van der Waals surface area contributed by atoms with Gasteiger partial charge >= 0.3 is 5.97 Å². The van der Waals surface area contributed by atoms with Crippen LogP contribution in [0.5, 0.6) is 0 Å². The predicted molar refractivity (Wildman–Crippen MR) is 76.4 cm³/mol. The van der Waals surface area contributed by atoms with Crippen molar-refractivity contribution in [2.24, 2.45) is 0 Å². The van der Waals surface area contributed by atoms with E-state index in [1.165, 1.54) is 10.9 Å². The number of nitrogens with one attached hydrogen (secondary N) is 2. The zero-order valence-electron chi connectivity index (χ0n) is 11.5. The number of likely N-dealkylation sites (N-methyl/N-ethyl adjacent to an activating group) is 1. The fourth-order valence-electron chi connectivity index (χ4n) is 3.57. The van der Waals surface area contributed by atoms with E-state index in [4.69, 9.17) is 4.74 Å². The Labute approximate surface area is 116 Å². The lowest BCUT2D eigenvalue weighted by Gasteiger charge is -2.39. The summed E-state index contributed by atoms with van der Waals surface area (Å²) in [6.07, 6.45) is 4.87. The Morgan fingerprint density at radius 1 is 1.45 bits per heavy atom. The topological polar surface area (TPSA) is 54.1 Å². The van der Waals surface area contributed by atoms with Crippen LogP contribution in [0.15, 0.2) is 36.0 Å². The van der Waals surface area contributed by atoms with Crippen molar-refractivity contribution in [3.63, 3.8) is 0 Å². The molecule has 0 fully saturated rings. The summed E-state index contributed by atoms with van der Waals surface area (Å²) in [5, 5.41) is 4.51. The Kier molecular flexibility index (Phi) is 2.19. The molecule has 0 radical (unpaired) electrons. The van der Waals surface area contributed by atoms with Gasteiger partial charge < -0.3 is 15.0 Å². The van der Waals surface area contributed by atoms with Gasteiger partial charge in [-0.05, 0) is 38.1 Å². The van der Waals surface area contributed by atoms with Crippen molar-refractivity contribution < 1.29 is 9.53 Å². The molecule has 1 aliphatic heterocycles. The van der Waals surface area contributed by atoms with Gasteiger partial charge in [0.1, 0.15) is 0 Å². The SMILES string of the molecule is CN[C@H]1Cc2c[nH]c3cccc(c23)[C@@]12C=C(C)C(=O)O2. The molecule has 0 bridgehead atoms. The third-order valence-electron chi connectivity index (χ3n) is 4.51. The number of rotatable bonds is 1. The third-order valence-corrected chi connectivity index (χ3v) is 4.51. The van der Waals surface area contributed by atoms with Gasteiger partial charge in [-0.3, -0.25) is 0 Å². The number of esters is 1. The molecule has 0 saturated carbocycles. The first-order valence-corrected chi connectivity index (χ1v) is 6.85. The van der Waals surface area contributed by atoms with Gasteiger partial charge in [0.15, 0.2) is 5.60 Å². The maximum absolute atomic E-state index is 12.0. The number of benzene rings is 1. The lowest BCUT2D eigenvalue weighted by atomic mass is 9.76. The molecule has 2 aromatic rings. The van der Waals surface area contributed by atoms with Crippen molar-refractivity contribution >= 4 is 16.9 Å². The van der Waals surface area contributed by atoms with Crippen molar-refractivity contribution in [1.29, 1.82) is 0 Å². The maximum Gasteiger partial charge on any atom is 0.334 e. The number of H-pyrrole nitrogens is 1. The largest absolute Gasteiger partial charge is 0.445 e. The molecular formula is C16H16N2O2. The van der Waals surface area contributed by atoms with Gasteiger partial charge in [-0.2, -0.15) is 0 Å². The molecule has 1 aromatic heterocycles. The van der Waals surface area contributed by atoms with E-state index >= 15 is 0 Å². The number of aromatic nitrogens is 1. The predicted octanol–water partition coefficient (Wildman–Crippen LogP) is 2.01. The van der Waals surface area contributed by atoms with E-state index < -0.39 is 5.60 Å². The quantitative estimate of drug-likeness (QED) is 0.778. The summed E-state index contributed by atoms with van der Waals surface area (Å²) in [7, 11) is 1.92. The molecule has 4 heteroatoms. The van der Waals surface area contributed by atoms with Crippen LogP contribution in [0, 0.1) is 0 Å². The van der Waals surface area contributed by atoms with Crippen LogP contribution in [0.4, 0.5) is 0 Å². The fraction of sp³-hybridized carbons (Fsp3) is 0.312. The van der Waals surface area contributed by atoms with Crippen LogP contribution >= 0.6 is 0 Å². The highest BCUT2D eigenvalue weighted by atomic mass is 16.6. The molecule has 0 amide bonds.